The van der Waals surface area contributed by atoms with E-state index in [0.717, 1.165) is 11.1 Å². The molecular weight excluding hydrogens is 352 g/mol. The molecule has 0 aliphatic carbocycles. The van der Waals surface area contributed by atoms with Gasteiger partial charge in [-0.1, -0.05) is 18.2 Å². The average Bonchev–Trinajstić information content (AvgIpc) is 2.72. The van der Waals surface area contributed by atoms with E-state index >= 15 is 0 Å². The van der Waals surface area contributed by atoms with Crippen molar-refractivity contribution in [1.82, 2.24) is 4.98 Å². The van der Waals surface area contributed by atoms with Gasteiger partial charge in [-0.25, -0.2) is 0 Å². The second-order valence-corrected chi connectivity index (χ2v) is 6.69. The monoisotopic (exact) mass is 370 g/mol. The van der Waals surface area contributed by atoms with Crippen LogP contribution >= 0.6 is 0 Å². The summed E-state index contributed by atoms with van der Waals surface area (Å²) in [7, 11) is 0. The third kappa shape index (κ3) is 3.45. The van der Waals surface area contributed by atoms with Crippen molar-refractivity contribution in [2.24, 2.45) is 0 Å². The number of benzene rings is 2. The first-order chi connectivity index (χ1) is 13.7. The van der Waals surface area contributed by atoms with E-state index in [9.17, 15) is 10.1 Å². The second kappa shape index (κ2) is 7.53. The number of carbonyl (C=O) groups excluding carboxylic acids is 1. The lowest BCUT2D eigenvalue weighted by molar-refractivity contribution is 0.0870. The summed E-state index contributed by atoms with van der Waals surface area (Å²) in [6.45, 7) is 1.87. The fourth-order valence-electron chi connectivity index (χ4n) is 3.35. The summed E-state index contributed by atoms with van der Waals surface area (Å²) >= 11 is 0. The van der Waals surface area contributed by atoms with Crippen LogP contribution in [0.2, 0.25) is 0 Å². The molecule has 4 rings (SSSR count). The number of ketones is 1. The number of ether oxygens (including phenoxy) is 2. The Kier molecular flexibility index (Phi) is 4.77. The van der Waals surface area contributed by atoms with Gasteiger partial charge in [0, 0.05) is 30.4 Å². The van der Waals surface area contributed by atoms with E-state index in [1.807, 2.05) is 37.3 Å². The number of Topliss-reactive ketones (excluding diaryl/α,β-unsaturated/α-hetero) is 1. The Bertz CT molecular complexity index is 1060. The molecule has 1 aromatic heterocycles. The minimum absolute atomic E-state index is 0.0702. The standard InChI is InChI=1S/C23H18N2O3/c1-15-12-21(26)20-7-6-18(13-22(20)27-15)28-23(16-8-10-25-11-9-16)19-5-3-2-4-17(19)14-24/h2-11,13,15,23H,12H2,1H3/t15?,23-/m1/s1. The van der Waals surface area contributed by atoms with Crippen LogP contribution in [0, 0.1) is 11.3 Å². The SMILES string of the molecule is CC1CC(=O)c2ccc(O[C@H](c3ccncc3)c3ccccc3C#N)cc2O1. The van der Waals surface area contributed by atoms with Crippen LogP contribution in [0.25, 0.3) is 0 Å². The summed E-state index contributed by atoms with van der Waals surface area (Å²) in [6, 6.07) is 18.5. The van der Waals surface area contributed by atoms with E-state index < -0.39 is 6.10 Å². The van der Waals surface area contributed by atoms with Gasteiger partial charge >= 0.3 is 0 Å². The molecule has 0 amide bonds. The minimum Gasteiger partial charge on any atom is -0.489 e. The number of fused-ring (bicyclic) bond motifs is 1. The summed E-state index contributed by atoms with van der Waals surface area (Å²) in [5, 5.41) is 9.52. The molecule has 0 radical (unpaired) electrons. The molecule has 138 valence electrons. The zero-order valence-corrected chi connectivity index (χ0v) is 15.3. The lowest BCUT2D eigenvalue weighted by Crippen LogP contribution is -2.24. The number of pyridine rings is 1. The predicted octanol–water partition coefficient (Wildman–Crippen LogP) is 4.48. The van der Waals surface area contributed by atoms with Crippen molar-refractivity contribution in [3.63, 3.8) is 0 Å². The first-order valence-electron chi connectivity index (χ1n) is 9.05. The number of hydrogen-bond donors (Lipinski definition) is 0. The highest BCUT2D eigenvalue weighted by molar-refractivity contribution is 6.00. The van der Waals surface area contributed by atoms with Gasteiger partial charge in [0.25, 0.3) is 0 Å². The lowest BCUT2D eigenvalue weighted by atomic mass is 9.97. The van der Waals surface area contributed by atoms with E-state index in [0.29, 0.717) is 29.0 Å². The van der Waals surface area contributed by atoms with Crippen LogP contribution in [0.3, 0.4) is 0 Å². The highest BCUT2D eigenvalue weighted by atomic mass is 16.5. The third-order valence-corrected chi connectivity index (χ3v) is 4.68. The molecule has 1 aliphatic heterocycles. The van der Waals surface area contributed by atoms with Gasteiger partial charge in [0.2, 0.25) is 0 Å². The van der Waals surface area contributed by atoms with Crippen LogP contribution in [0.15, 0.2) is 67.0 Å². The first-order valence-corrected chi connectivity index (χ1v) is 9.05. The normalized spacial score (nSPS) is 16.4. The van der Waals surface area contributed by atoms with Gasteiger partial charge < -0.3 is 9.47 Å². The quantitative estimate of drug-likeness (QED) is 0.677. The van der Waals surface area contributed by atoms with E-state index in [2.05, 4.69) is 11.1 Å². The van der Waals surface area contributed by atoms with Gasteiger partial charge in [0.05, 0.1) is 17.2 Å². The van der Waals surface area contributed by atoms with Gasteiger partial charge in [-0.15, -0.1) is 0 Å². The minimum atomic E-state index is -0.492. The molecule has 2 aromatic carbocycles. The number of hydrogen-bond acceptors (Lipinski definition) is 5. The molecule has 0 spiro atoms. The number of aromatic nitrogens is 1. The maximum atomic E-state index is 12.2. The van der Waals surface area contributed by atoms with Crippen LogP contribution in [-0.2, 0) is 0 Å². The van der Waals surface area contributed by atoms with Gasteiger partial charge in [0.1, 0.15) is 17.6 Å². The van der Waals surface area contributed by atoms with Crippen LogP contribution in [0.1, 0.15) is 46.5 Å². The van der Waals surface area contributed by atoms with Crippen molar-refractivity contribution >= 4 is 5.78 Å². The Morgan fingerprint density at radius 3 is 2.75 bits per heavy atom. The molecule has 28 heavy (non-hydrogen) atoms. The summed E-state index contributed by atoms with van der Waals surface area (Å²) in [4.78, 5) is 16.3. The average molecular weight is 370 g/mol. The zero-order chi connectivity index (χ0) is 19.5. The molecule has 0 bridgehead atoms. The Balaban J connectivity index is 1.74. The van der Waals surface area contributed by atoms with Crippen molar-refractivity contribution in [3.8, 4) is 17.6 Å². The van der Waals surface area contributed by atoms with Crippen molar-refractivity contribution in [3.05, 3.63) is 89.2 Å². The molecule has 0 N–H and O–H groups in total. The lowest BCUT2D eigenvalue weighted by Gasteiger charge is -2.25. The fourth-order valence-corrected chi connectivity index (χ4v) is 3.35. The molecule has 1 aliphatic rings. The van der Waals surface area contributed by atoms with E-state index in [4.69, 9.17) is 9.47 Å². The Morgan fingerprint density at radius 1 is 1.18 bits per heavy atom. The molecule has 2 atom stereocenters. The predicted molar refractivity (Wildman–Crippen MR) is 103 cm³/mol. The smallest absolute Gasteiger partial charge is 0.170 e. The van der Waals surface area contributed by atoms with Crippen LogP contribution < -0.4 is 9.47 Å². The molecular formula is C23H18N2O3. The third-order valence-electron chi connectivity index (χ3n) is 4.68. The summed E-state index contributed by atoms with van der Waals surface area (Å²) in [5.41, 5.74) is 2.76. The van der Waals surface area contributed by atoms with E-state index in [-0.39, 0.29) is 11.9 Å². The second-order valence-electron chi connectivity index (χ2n) is 6.69. The van der Waals surface area contributed by atoms with Gasteiger partial charge in [-0.2, -0.15) is 5.26 Å². The van der Waals surface area contributed by atoms with E-state index in [1.165, 1.54) is 0 Å². The highest BCUT2D eigenvalue weighted by Gasteiger charge is 2.25. The molecule has 2 heterocycles. The zero-order valence-electron chi connectivity index (χ0n) is 15.3. The van der Waals surface area contributed by atoms with Crippen molar-refractivity contribution in [1.29, 1.82) is 5.26 Å². The maximum absolute atomic E-state index is 12.2. The molecule has 5 heteroatoms. The first kappa shape index (κ1) is 17.7. The summed E-state index contributed by atoms with van der Waals surface area (Å²) in [5.74, 6) is 1.17. The van der Waals surface area contributed by atoms with Crippen LogP contribution in [-0.4, -0.2) is 16.9 Å². The summed E-state index contributed by atoms with van der Waals surface area (Å²) < 4.78 is 12.1. The van der Waals surface area contributed by atoms with Crippen LogP contribution in [0.4, 0.5) is 0 Å². The number of carbonyl (C=O) groups is 1. The van der Waals surface area contributed by atoms with Crippen molar-refractivity contribution < 1.29 is 14.3 Å². The molecule has 5 nitrogen and oxygen atoms in total. The molecule has 0 fully saturated rings. The Labute approximate surface area is 163 Å². The van der Waals surface area contributed by atoms with Gasteiger partial charge in [-0.3, -0.25) is 9.78 Å². The highest BCUT2D eigenvalue weighted by Crippen LogP contribution is 2.35. The Morgan fingerprint density at radius 2 is 1.96 bits per heavy atom. The largest absolute Gasteiger partial charge is 0.489 e. The van der Waals surface area contributed by atoms with E-state index in [1.54, 1.807) is 36.7 Å². The molecule has 3 aromatic rings. The Hall–Kier alpha value is -3.65. The van der Waals surface area contributed by atoms with Crippen molar-refractivity contribution in [2.45, 2.75) is 25.6 Å². The summed E-state index contributed by atoms with van der Waals surface area (Å²) in [6.07, 6.45) is 3.11. The number of rotatable bonds is 4. The topological polar surface area (TPSA) is 72.2 Å². The maximum Gasteiger partial charge on any atom is 0.170 e. The van der Waals surface area contributed by atoms with Gasteiger partial charge in [0.15, 0.2) is 11.9 Å². The van der Waals surface area contributed by atoms with Crippen molar-refractivity contribution in [2.75, 3.05) is 0 Å². The molecule has 1 unspecified atom stereocenters. The number of nitriles is 1. The number of nitrogens with zero attached hydrogens (tertiary/aromatic N) is 2. The molecule has 0 saturated carbocycles. The van der Waals surface area contributed by atoms with Crippen LogP contribution in [0.5, 0.6) is 11.5 Å². The fraction of sp³-hybridized carbons (Fsp3) is 0.174. The van der Waals surface area contributed by atoms with Gasteiger partial charge in [-0.05, 0) is 42.8 Å². The molecule has 0 saturated heterocycles.